The Morgan fingerprint density at radius 2 is 1.94 bits per heavy atom. The lowest BCUT2D eigenvalue weighted by molar-refractivity contribution is 0.650. The topological polar surface area (TPSA) is 55.5 Å². The molecule has 0 spiro atoms. The summed E-state index contributed by atoms with van der Waals surface area (Å²) in [5.41, 5.74) is 9.26. The minimum atomic E-state index is -1.27. The first-order chi connectivity index (χ1) is 8.12. The highest BCUT2D eigenvalue weighted by molar-refractivity contribution is 9.10. The normalized spacial score (nSPS) is 14.7. The van der Waals surface area contributed by atoms with E-state index in [-0.39, 0.29) is 4.75 Å². The van der Waals surface area contributed by atoms with Gasteiger partial charge in [-0.15, -0.1) is 0 Å². The fourth-order valence-electron chi connectivity index (χ4n) is 1.36. The van der Waals surface area contributed by atoms with Crippen LogP contribution in [0.1, 0.15) is 38.8 Å². The van der Waals surface area contributed by atoms with E-state index in [9.17, 15) is 4.21 Å². The predicted octanol–water partition coefficient (Wildman–Crippen LogP) is 3.61. The SMILES string of the molecule is C/C(=N\[S@](=O)C(C)(C)C)c1cc(C)cc(Br)c1N. The summed E-state index contributed by atoms with van der Waals surface area (Å²) in [6.45, 7) is 9.52. The zero-order chi connectivity index (χ0) is 14.1. The van der Waals surface area contributed by atoms with Crippen LogP contribution in [-0.4, -0.2) is 14.7 Å². The number of rotatable bonds is 2. The van der Waals surface area contributed by atoms with E-state index in [1.54, 1.807) is 0 Å². The molecule has 5 heteroatoms. The molecule has 100 valence electrons. The van der Waals surface area contributed by atoms with Crippen LogP contribution in [0.2, 0.25) is 0 Å². The molecule has 1 aromatic carbocycles. The van der Waals surface area contributed by atoms with Gasteiger partial charge in [-0.25, -0.2) is 4.21 Å². The van der Waals surface area contributed by atoms with Crippen molar-refractivity contribution in [1.82, 2.24) is 0 Å². The second-order valence-corrected chi connectivity index (χ2v) is 8.01. The molecule has 0 aliphatic heterocycles. The monoisotopic (exact) mass is 330 g/mol. The number of halogens is 1. The van der Waals surface area contributed by atoms with Gasteiger partial charge in [-0.1, -0.05) is 0 Å². The van der Waals surface area contributed by atoms with E-state index < -0.39 is 11.0 Å². The quantitative estimate of drug-likeness (QED) is 0.665. The molecule has 0 amide bonds. The fraction of sp³-hybridized carbons (Fsp3) is 0.462. The van der Waals surface area contributed by atoms with Gasteiger partial charge in [0.15, 0.2) is 0 Å². The van der Waals surface area contributed by atoms with Crippen molar-refractivity contribution in [2.45, 2.75) is 39.4 Å². The maximum Gasteiger partial charge on any atom is 0.145 e. The molecule has 0 saturated heterocycles. The van der Waals surface area contributed by atoms with Crippen molar-refractivity contribution in [2.75, 3.05) is 5.73 Å². The number of benzene rings is 1. The summed E-state index contributed by atoms with van der Waals surface area (Å²) in [5, 5.41) is 0. The average molecular weight is 331 g/mol. The van der Waals surface area contributed by atoms with Crippen molar-refractivity contribution in [2.24, 2.45) is 4.40 Å². The van der Waals surface area contributed by atoms with Gasteiger partial charge in [-0.05, 0) is 68.2 Å². The van der Waals surface area contributed by atoms with Gasteiger partial charge in [0.2, 0.25) is 0 Å². The third kappa shape index (κ3) is 3.65. The molecule has 0 aliphatic carbocycles. The molecule has 0 radical (unpaired) electrons. The second kappa shape index (κ2) is 5.53. The summed E-state index contributed by atoms with van der Waals surface area (Å²) in [5.74, 6) is 0. The molecule has 0 saturated carbocycles. The molecule has 0 aliphatic rings. The average Bonchev–Trinajstić information content (AvgIpc) is 2.21. The number of nitrogens with two attached hydrogens (primary N) is 1. The second-order valence-electron chi connectivity index (χ2n) is 5.25. The first-order valence-corrected chi connectivity index (χ1v) is 7.56. The van der Waals surface area contributed by atoms with Crippen LogP contribution in [-0.2, 0) is 11.0 Å². The summed E-state index contributed by atoms with van der Waals surface area (Å²) in [4.78, 5) is 0. The Morgan fingerprint density at radius 3 is 2.44 bits per heavy atom. The van der Waals surface area contributed by atoms with Gasteiger partial charge in [0, 0.05) is 10.0 Å². The highest BCUT2D eigenvalue weighted by Gasteiger charge is 2.19. The summed E-state index contributed by atoms with van der Waals surface area (Å²) in [6.07, 6.45) is 0. The van der Waals surface area contributed by atoms with Crippen LogP contribution in [0.5, 0.6) is 0 Å². The highest BCUT2D eigenvalue weighted by atomic mass is 79.9. The Labute approximate surface area is 120 Å². The standard InChI is InChI=1S/C13H19BrN2OS/c1-8-6-10(12(15)11(14)7-8)9(2)16-18(17)13(3,4)5/h6-7H,15H2,1-5H3/b16-9+/t18-/m1/s1. The van der Waals surface area contributed by atoms with Crippen LogP contribution in [0.15, 0.2) is 21.0 Å². The molecule has 0 aromatic heterocycles. The molecule has 1 aromatic rings. The number of anilines is 1. The van der Waals surface area contributed by atoms with Crippen LogP contribution < -0.4 is 5.73 Å². The lowest BCUT2D eigenvalue weighted by atomic mass is 10.1. The van der Waals surface area contributed by atoms with Crippen LogP contribution in [0, 0.1) is 6.92 Å². The maximum absolute atomic E-state index is 12.0. The molecule has 2 N–H and O–H groups in total. The molecule has 18 heavy (non-hydrogen) atoms. The fourth-order valence-corrected chi connectivity index (χ4v) is 2.56. The Morgan fingerprint density at radius 1 is 1.39 bits per heavy atom. The van der Waals surface area contributed by atoms with Gasteiger partial charge in [0.1, 0.15) is 11.0 Å². The minimum Gasteiger partial charge on any atom is -0.397 e. The van der Waals surface area contributed by atoms with E-state index in [2.05, 4.69) is 20.3 Å². The van der Waals surface area contributed by atoms with Gasteiger partial charge in [-0.2, -0.15) is 4.40 Å². The van der Waals surface area contributed by atoms with E-state index >= 15 is 0 Å². The lowest BCUT2D eigenvalue weighted by Gasteiger charge is -2.15. The van der Waals surface area contributed by atoms with Crippen LogP contribution >= 0.6 is 15.9 Å². The smallest absolute Gasteiger partial charge is 0.145 e. The summed E-state index contributed by atoms with van der Waals surface area (Å²) < 4.78 is 16.7. The van der Waals surface area contributed by atoms with Crippen molar-refractivity contribution in [3.63, 3.8) is 0 Å². The molecule has 3 nitrogen and oxygen atoms in total. The molecular formula is C13H19BrN2OS. The summed E-state index contributed by atoms with van der Waals surface area (Å²) in [6, 6.07) is 3.91. The first kappa shape index (κ1) is 15.4. The third-order valence-electron chi connectivity index (χ3n) is 2.41. The van der Waals surface area contributed by atoms with Gasteiger partial charge in [0.25, 0.3) is 0 Å². The molecule has 1 rings (SSSR count). The van der Waals surface area contributed by atoms with Gasteiger partial charge < -0.3 is 5.73 Å². The number of nitrogens with zero attached hydrogens (tertiary/aromatic N) is 1. The number of aryl methyl sites for hydroxylation is 1. The molecule has 0 heterocycles. The van der Waals surface area contributed by atoms with Crippen LogP contribution in [0.4, 0.5) is 5.69 Å². The van der Waals surface area contributed by atoms with Crippen molar-refractivity contribution in [3.8, 4) is 0 Å². The largest absolute Gasteiger partial charge is 0.397 e. The van der Waals surface area contributed by atoms with Gasteiger partial charge in [-0.3, -0.25) is 0 Å². The third-order valence-corrected chi connectivity index (χ3v) is 4.55. The molecule has 0 bridgehead atoms. The van der Waals surface area contributed by atoms with Crippen LogP contribution in [0.3, 0.4) is 0 Å². The molecule has 1 atom stereocenters. The van der Waals surface area contributed by atoms with Crippen molar-refractivity contribution < 1.29 is 4.21 Å². The van der Waals surface area contributed by atoms with Crippen LogP contribution in [0.25, 0.3) is 0 Å². The molecule has 0 fully saturated rings. The van der Waals surface area contributed by atoms with E-state index in [1.807, 2.05) is 46.8 Å². The first-order valence-electron chi connectivity index (χ1n) is 5.66. The predicted molar refractivity (Wildman–Crippen MR) is 83.4 cm³/mol. The Hall–Kier alpha value is -0.680. The minimum absolute atomic E-state index is 0.364. The number of hydrogen-bond acceptors (Lipinski definition) is 2. The Balaban J connectivity index is 3.23. The summed E-state index contributed by atoms with van der Waals surface area (Å²) >= 11 is 3.42. The zero-order valence-corrected chi connectivity index (χ0v) is 13.8. The Kier molecular flexibility index (Phi) is 4.72. The van der Waals surface area contributed by atoms with E-state index in [1.165, 1.54) is 0 Å². The zero-order valence-electron chi connectivity index (χ0n) is 11.4. The number of nitrogen functional groups attached to an aromatic ring is 1. The van der Waals surface area contributed by atoms with Crippen molar-refractivity contribution in [3.05, 3.63) is 27.7 Å². The van der Waals surface area contributed by atoms with Crippen molar-refractivity contribution >= 4 is 38.3 Å². The van der Waals surface area contributed by atoms with E-state index in [0.29, 0.717) is 11.4 Å². The van der Waals surface area contributed by atoms with Crippen molar-refractivity contribution in [1.29, 1.82) is 0 Å². The highest BCUT2D eigenvalue weighted by Crippen LogP contribution is 2.26. The Bertz CT molecular complexity index is 518. The lowest BCUT2D eigenvalue weighted by Crippen LogP contribution is -2.21. The summed E-state index contributed by atoms with van der Waals surface area (Å²) in [7, 11) is -1.27. The van der Waals surface area contributed by atoms with E-state index in [4.69, 9.17) is 5.73 Å². The van der Waals surface area contributed by atoms with Gasteiger partial charge in [0.05, 0.1) is 16.1 Å². The van der Waals surface area contributed by atoms with Gasteiger partial charge >= 0.3 is 0 Å². The molecule has 0 unspecified atom stereocenters. The maximum atomic E-state index is 12.0. The number of hydrogen-bond donors (Lipinski definition) is 1. The van der Waals surface area contributed by atoms with E-state index in [0.717, 1.165) is 15.6 Å². The molecular weight excluding hydrogens is 312 g/mol.